The first kappa shape index (κ1) is 17.9. The molecule has 0 fully saturated rings. The molecule has 10 heavy (non-hydrogen) atoms. The minimum absolute atomic E-state index is 0. The maximum absolute atomic E-state index is 3.67. The van der Waals surface area contributed by atoms with E-state index in [0.717, 1.165) is 6.42 Å². The van der Waals surface area contributed by atoms with Gasteiger partial charge in [0.25, 0.3) is 0 Å². The van der Waals surface area contributed by atoms with Gasteiger partial charge < -0.3 is 6.42 Å². The molecule has 2 radical (unpaired) electrons. The fourth-order valence-electron chi connectivity index (χ4n) is 0.490. The molecule has 0 heterocycles. The Morgan fingerprint density at radius 1 is 1.40 bits per heavy atom. The van der Waals surface area contributed by atoms with Crippen LogP contribution in [0.25, 0.3) is 0 Å². The van der Waals surface area contributed by atoms with Crippen molar-refractivity contribution in [2.45, 2.75) is 27.2 Å². The summed E-state index contributed by atoms with van der Waals surface area (Å²) in [6.07, 6.45) is 5.23. The van der Waals surface area contributed by atoms with Gasteiger partial charge in [-0.1, -0.05) is 26.3 Å². The van der Waals surface area contributed by atoms with Crippen molar-refractivity contribution in [3.8, 4) is 0 Å². The molecule has 0 amide bonds. The second-order valence-electron chi connectivity index (χ2n) is 2.77. The standard InChI is InChI=1S/C8H15.2Y/c1-5-7-8(3,4)6-2;;/h5-6H,1,7H2,2-4H3;;/q-1;;. The van der Waals surface area contributed by atoms with E-state index in [1.807, 2.05) is 6.08 Å². The van der Waals surface area contributed by atoms with E-state index in [0.29, 0.717) is 5.41 Å². The van der Waals surface area contributed by atoms with Crippen LogP contribution in [0, 0.1) is 11.8 Å². The third kappa shape index (κ3) is 9.95. The summed E-state index contributed by atoms with van der Waals surface area (Å²) in [5.41, 5.74) is 0.349. The molecule has 0 aliphatic heterocycles. The zero-order chi connectivity index (χ0) is 6.62. The molecule has 0 saturated heterocycles. The van der Waals surface area contributed by atoms with E-state index < -0.39 is 0 Å². The minimum Gasteiger partial charge on any atom is -0.326 e. The zero-order valence-corrected chi connectivity index (χ0v) is 12.9. The molecular formula is C8H15Y2-. The van der Waals surface area contributed by atoms with Gasteiger partial charge in [0.1, 0.15) is 0 Å². The number of allylic oxidation sites excluding steroid dienone is 1. The Labute approximate surface area is 115 Å². The van der Waals surface area contributed by atoms with E-state index in [9.17, 15) is 0 Å². The van der Waals surface area contributed by atoms with Crippen LogP contribution in [-0.4, -0.2) is 0 Å². The first-order chi connectivity index (χ1) is 3.62. The van der Waals surface area contributed by atoms with E-state index >= 15 is 0 Å². The van der Waals surface area contributed by atoms with Gasteiger partial charge in [0.15, 0.2) is 0 Å². The summed E-state index contributed by atoms with van der Waals surface area (Å²) >= 11 is 0. The molecule has 2 heteroatoms. The summed E-state index contributed by atoms with van der Waals surface area (Å²) < 4.78 is 0. The van der Waals surface area contributed by atoms with Crippen LogP contribution in [0.4, 0.5) is 0 Å². The molecule has 0 aromatic rings. The van der Waals surface area contributed by atoms with Gasteiger partial charge in [-0.05, 0) is 0 Å². The Morgan fingerprint density at radius 2 is 1.80 bits per heavy atom. The van der Waals surface area contributed by atoms with Crippen molar-refractivity contribution in [2.24, 2.45) is 5.41 Å². The molecule has 0 saturated carbocycles. The minimum atomic E-state index is 0. The first-order valence-corrected chi connectivity index (χ1v) is 3.04. The topological polar surface area (TPSA) is 0 Å². The fourth-order valence-corrected chi connectivity index (χ4v) is 0.490. The van der Waals surface area contributed by atoms with Gasteiger partial charge in [0, 0.05) is 65.4 Å². The number of hydrogen-bond donors (Lipinski definition) is 0. The van der Waals surface area contributed by atoms with Crippen LogP contribution in [0.5, 0.6) is 0 Å². The quantitative estimate of drug-likeness (QED) is 0.553. The normalized spacial score (nSPS) is 9.10. The molecule has 0 spiro atoms. The molecular weight excluding hydrogens is 274 g/mol. The average Bonchev–Trinajstić information content (AvgIpc) is 1.67. The fraction of sp³-hybridized carbons (Fsp3) is 0.625. The third-order valence-corrected chi connectivity index (χ3v) is 1.45. The van der Waals surface area contributed by atoms with Crippen LogP contribution >= 0.6 is 0 Å². The van der Waals surface area contributed by atoms with Gasteiger partial charge in [-0.15, -0.1) is 6.58 Å². The number of hydrogen-bond acceptors (Lipinski definition) is 0. The van der Waals surface area contributed by atoms with Gasteiger partial charge >= 0.3 is 0 Å². The van der Waals surface area contributed by atoms with Crippen LogP contribution in [0.2, 0.25) is 0 Å². The Bertz CT molecular complexity index is 77.3. The van der Waals surface area contributed by atoms with Crippen molar-refractivity contribution in [3.05, 3.63) is 19.1 Å². The summed E-state index contributed by atoms with van der Waals surface area (Å²) in [6.45, 7) is 10.2. The van der Waals surface area contributed by atoms with Crippen molar-refractivity contribution in [1.29, 1.82) is 0 Å². The average molecular weight is 289 g/mol. The summed E-state index contributed by atoms with van der Waals surface area (Å²) in [5, 5.41) is 0. The molecule has 0 rings (SSSR count). The number of rotatable bonds is 3. The van der Waals surface area contributed by atoms with E-state index in [1.165, 1.54) is 0 Å². The van der Waals surface area contributed by atoms with E-state index in [4.69, 9.17) is 0 Å². The molecule has 0 N–H and O–H groups in total. The van der Waals surface area contributed by atoms with Crippen molar-refractivity contribution in [1.82, 2.24) is 0 Å². The van der Waals surface area contributed by atoms with Crippen LogP contribution in [0.3, 0.4) is 0 Å². The Hall–Kier alpha value is 1.95. The molecule has 0 atom stereocenters. The molecule has 0 bridgehead atoms. The first-order valence-electron chi connectivity index (χ1n) is 3.04. The largest absolute Gasteiger partial charge is 0.326 e. The Kier molecular flexibility index (Phi) is 16.2. The predicted octanol–water partition coefficient (Wildman–Crippen LogP) is 2.81. The van der Waals surface area contributed by atoms with Crippen LogP contribution in [0.15, 0.2) is 12.7 Å². The Balaban J connectivity index is -0.000000245. The second-order valence-corrected chi connectivity index (χ2v) is 2.77. The maximum Gasteiger partial charge on any atom is 0 e. The zero-order valence-electron chi connectivity index (χ0n) is 7.22. The van der Waals surface area contributed by atoms with Crippen molar-refractivity contribution in [3.63, 3.8) is 0 Å². The molecule has 0 aromatic carbocycles. The van der Waals surface area contributed by atoms with Gasteiger partial charge in [-0.3, -0.25) is 0 Å². The SMILES string of the molecule is C=CCC(C)(C)[CH-]C.[Y].[Y]. The van der Waals surface area contributed by atoms with E-state index in [2.05, 4.69) is 33.8 Å². The van der Waals surface area contributed by atoms with Gasteiger partial charge in [0.2, 0.25) is 0 Å². The van der Waals surface area contributed by atoms with Crippen LogP contribution in [-0.2, 0) is 65.4 Å². The van der Waals surface area contributed by atoms with Gasteiger partial charge in [-0.25, -0.2) is 0 Å². The van der Waals surface area contributed by atoms with Crippen molar-refractivity contribution >= 4 is 0 Å². The second kappa shape index (κ2) is 9.04. The van der Waals surface area contributed by atoms with Crippen molar-refractivity contribution in [2.75, 3.05) is 0 Å². The molecule has 54 valence electrons. The predicted molar refractivity (Wildman–Crippen MR) is 38.6 cm³/mol. The maximum atomic E-state index is 3.67. The molecule has 0 unspecified atom stereocenters. The smallest absolute Gasteiger partial charge is 0 e. The molecule has 0 aromatic heterocycles. The third-order valence-electron chi connectivity index (χ3n) is 1.45. The van der Waals surface area contributed by atoms with Gasteiger partial charge in [-0.2, -0.15) is 12.3 Å². The molecule has 0 aliphatic rings. The Morgan fingerprint density at radius 3 is 1.90 bits per heavy atom. The van der Waals surface area contributed by atoms with Crippen LogP contribution in [0.1, 0.15) is 27.2 Å². The molecule has 0 aliphatic carbocycles. The van der Waals surface area contributed by atoms with Gasteiger partial charge in [0.05, 0.1) is 0 Å². The molecule has 0 nitrogen and oxygen atoms in total. The summed E-state index contributed by atoms with van der Waals surface area (Å²) in [7, 11) is 0. The van der Waals surface area contributed by atoms with E-state index in [1.54, 1.807) is 0 Å². The van der Waals surface area contributed by atoms with Crippen molar-refractivity contribution < 1.29 is 65.4 Å². The summed E-state index contributed by atoms with van der Waals surface area (Å²) in [6, 6.07) is 0. The monoisotopic (exact) mass is 289 g/mol. The summed E-state index contributed by atoms with van der Waals surface area (Å²) in [5.74, 6) is 0. The van der Waals surface area contributed by atoms with E-state index in [-0.39, 0.29) is 65.4 Å². The summed E-state index contributed by atoms with van der Waals surface area (Å²) in [4.78, 5) is 0. The van der Waals surface area contributed by atoms with Crippen LogP contribution < -0.4 is 0 Å².